The fourth-order valence-corrected chi connectivity index (χ4v) is 2.39. The lowest BCUT2D eigenvalue weighted by atomic mass is 10.2. The number of benzene rings is 1. The molecule has 1 aliphatic rings. The maximum atomic E-state index is 12.3. The van der Waals surface area contributed by atoms with E-state index in [2.05, 4.69) is 5.32 Å². The first-order valence-electron chi connectivity index (χ1n) is 8.56. The van der Waals surface area contributed by atoms with E-state index in [1.165, 1.54) is 12.1 Å². The van der Waals surface area contributed by atoms with Crippen LogP contribution in [0.25, 0.3) is 0 Å². The smallest absolute Gasteiger partial charge is 0.339 e. The predicted molar refractivity (Wildman–Crippen MR) is 94.4 cm³/mol. The third-order valence-electron chi connectivity index (χ3n) is 3.57. The molecular weight excluding hydrogens is 346 g/mol. The van der Waals surface area contributed by atoms with Gasteiger partial charge in [-0.05, 0) is 45.2 Å². The van der Waals surface area contributed by atoms with Crippen molar-refractivity contribution in [3.8, 4) is 11.5 Å². The highest BCUT2D eigenvalue weighted by molar-refractivity contribution is 6.32. The van der Waals surface area contributed by atoms with Crippen molar-refractivity contribution in [1.29, 1.82) is 0 Å². The topological polar surface area (TPSA) is 73.9 Å². The molecule has 0 saturated heterocycles. The second-order valence-electron chi connectivity index (χ2n) is 5.90. The van der Waals surface area contributed by atoms with Crippen molar-refractivity contribution in [3.63, 3.8) is 0 Å². The molecule has 1 atom stereocenters. The van der Waals surface area contributed by atoms with E-state index in [0.29, 0.717) is 24.7 Å². The van der Waals surface area contributed by atoms with E-state index in [4.69, 9.17) is 25.8 Å². The highest BCUT2D eigenvalue weighted by Crippen LogP contribution is 2.37. The van der Waals surface area contributed by atoms with Crippen LogP contribution in [0.4, 0.5) is 0 Å². The highest BCUT2D eigenvalue weighted by atomic mass is 35.5. The molecule has 0 aromatic heterocycles. The van der Waals surface area contributed by atoms with Gasteiger partial charge in [0.25, 0.3) is 5.91 Å². The molecule has 0 unspecified atom stereocenters. The van der Waals surface area contributed by atoms with Gasteiger partial charge in [0.1, 0.15) is 0 Å². The van der Waals surface area contributed by atoms with E-state index in [1.807, 2.05) is 13.8 Å². The van der Waals surface area contributed by atoms with Crippen molar-refractivity contribution in [3.05, 3.63) is 22.7 Å². The largest absolute Gasteiger partial charge is 0.490 e. The van der Waals surface area contributed by atoms with Gasteiger partial charge in [0.15, 0.2) is 17.6 Å². The Hall–Kier alpha value is -1.95. The molecule has 0 radical (unpaired) electrons. The molecule has 1 aromatic carbocycles. The average molecular weight is 370 g/mol. The van der Waals surface area contributed by atoms with Gasteiger partial charge in [-0.2, -0.15) is 0 Å². The standard InChI is InChI=1S/C18H24ClNO5/c1-4-8-24-16-14(19)9-12(10-15(16)23-5-2)18(22)25-11(3)17(21)20-13-6-7-13/h9-11,13H,4-8H2,1-3H3,(H,20,21)/t11-/m0/s1. The van der Waals surface area contributed by atoms with Crippen LogP contribution in [0, 0.1) is 0 Å². The fraction of sp³-hybridized carbons (Fsp3) is 0.556. The van der Waals surface area contributed by atoms with Crippen LogP contribution in [0.1, 0.15) is 50.4 Å². The Bertz CT molecular complexity index is 630. The first-order valence-corrected chi connectivity index (χ1v) is 8.94. The van der Waals surface area contributed by atoms with Gasteiger partial charge >= 0.3 is 5.97 Å². The Kier molecular flexibility index (Phi) is 6.93. The van der Waals surface area contributed by atoms with Crippen LogP contribution < -0.4 is 14.8 Å². The lowest BCUT2D eigenvalue weighted by Crippen LogP contribution is -2.37. The molecule has 0 heterocycles. The summed E-state index contributed by atoms with van der Waals surface area (Å²) >= 11 is 6.23. The second-order valence-corrected chi connectivity index (χ2v) is 6.30. The number of amides is 1. The number of hydrogen-bond acceptors (Lipinski definition) is 5. The van der Waals surface area contributed by atoms with Crippen molar-refractivity contribution >= 4 is 23.5 Å². The summed E-state index contributed by atoms with van der Waals surface area (Å²) in [6.45, 7) is 6.24. The molecule has 25 heavy (non-hydrogen) atoms. The van der Waals surface area contributed by atoms with E-state index < -0.39 is 12.1 Å². The lowest BCUT2D eigenvalue weighted by Gasteiger charge is -2.16. The zero-order valence-corrected chi connectivity index (χ0v) is 15.5. The van der Waals surface area contributed by atoms with Gasteiger partial charge in [0.2, 0.25) is 0 Å². The molecule has 1 aliphatic carbocycles. The molecule has 7 heteroatoms. The van der Waals surface area contributed by atoms with Gasteiger partial charge in [-0.3, -0.25) is 4.79 Å². The van der Waals surface area contributed by atoms with Crippen LogP contribution in [0.5, 0.6) is 11.5 Å². The quantitative estimate of drug-likeness (QED) is 0.676. The zero-order chi connectivity index (χ0) is 18.4. The fourth-order valence-electron chi connectivity index (χ4n) is 2.12. The van der Waals surface area contributed by atoms with Crippen molar-refractivity contribution in [1.82, 2.24) is 5.32 Å². The van der Waals surface area contributed by atoms with Crippen molar-refractivity contribution in [2.45, 2.75) is 52.2 Å². The van der Waals surface area contributed by atoms with E-state index in [1.54, 1.807) is 6.92 Å². The number of halogens is 1. The minimum atomic E-state index is -0.876. The Morgan fingerprint density at radius 1 is 1.28 bits per heavy atom. The molecule has 1 N–H and O–H groups in total. The number of carbonyl (C=O) groups is 2. The molecule has 6 nitrogen and oxygen atoms in total. The summed E-state index contributed by atoms with van der Waals surface area (Å²) in [6, 6.07) is 3.19. The molecule has 138 valence electrons. The van der Waals surface area contributed by atoms with Gasteiger partial charge in [0.05, 0.1) is 23.8 Å². The number of nitrogens with one attached hydrogen (secondary N) is 1. The Balaban J connectivity index is 2.10. The van der Waals surface area contributed by atoms with Crippen LogP contribution in [-0.2, 0) is 9.53 Å². The van der Waals surface area contributed by atoms with E-state index in [9.17, 15) is 9.59 Å². The normalized spacial score (nSPS) is 14.6. The summed E-state index contributed by atoms with van der Waals surface area (Å²) in [5, 5.41) is 3.06. The van der Waals surface area contributed by atoms with E-state index in [-0.39, 0.29) is 22.5 Å². The average Bonchev–Trinajstić information content (AvgIpc) is 3.38. The summed E-state index contributed by atoms with van der Waals surface area (Å²) in [7, 11) is 0. The molecule has 1 aromatic rings. The number of carbonyl (C=O) groups excluding carboxylic acids is 2. The number of esters is 1. The van der Waals surface area contributed by atoms with Crippen molar-refractivity contribution in [2.75, 3.05) is 13.2 Å². The number of rotatable bonds is 9. The van der Waals surface area contributed by atoms with Gasteiger partial charge in [0, 0.05) is 6.04 Å². The van der Waals surface area contributed by atoms with Crippen LogP contribution >= 0.6 is 11.6 Å². The Morgan fingerprint density at radius 3 is 2.60 bits per heavy atom. The number of hydrogen-bond donors (Lipinski definition) is 1. The summed E-state index contributed by atoms with van der Waals surface area (Å²) in [6.07, 6.45) is 1.88. The molecule has 0 aliphatic heterocycles. The van der Waals surface area contributed by atoms with E-state index in [0.717, 1.165) is 19.3 Å². The molecule has 1 amide bonds. The Morgan fingerprint density at radius 2 is 2.00 bits per heavy atom. The third-order valence-corrected chi connectivity index (χ3v) is 3.85. The molecule has 0 bridgehead atoms. The third kappa shape index (κ3) is 5.53. The molecule has 1 saturated carbocycles. The van der Waals surface area contributed by atoms with Gasteiger partial charge in [-0.15, -0.1) is 0 Å². The summed E-state index contributed by atoms with van der Waals surface area (Å²) in [5.74, 6) is -0.148. The van der Waals surface area contributed by atoms with Crippen LogP contribution in [0.3, 0.4) is 0 Å². The van der Waals surface area contributed by atoms with Crippen LogP contribution in [0.2, 0.25) is 5.02 Å². The van der Waals surface area contributed by atoms with Gasteiger partial charge < -0.3 is 19.5 Å². The number of ether oxygens (including phenoxy) is 3. The minimum absolute atomic E-state index is 0.211. The first kappa shape index (κ1) is 19.4. The van der Waals surface area contributed by atoms with Crippen LogP contribution in [-0.4, -0.2) is 37.2 Å². The molecule has 2 rings (SSSR count). The minimum Gasteiger partial charge on any atom is -0.490 e. The maximum Gasteiger partial charge on any atom is 0.339 e. The Labute approximate surface area is 152 Å². The monoisotopic (exact) mass is 369 g/mol. The van der Waals surface area contributed by atoms with Gasteiger partial charge in [-0.1, -0.05) is 18.5 Å². The molecular formula is C18H24ClNO5. The zero-order valence-electron chi connectivity index (χ0n) is 14.8. The predicted octanol–water partition coefficient (Wildman–Crippen LogP) is 3.35. The van der Waals surface area contributed by atoms with E-state index >= 15 is 0 Å². The highest BCUT2D eigenvalue weighted by Gasteiger charge is 2.28. The summed E-state index contributed by atoms with van der Waals surface area (Å²) in [5.41, 5.74) is 0.211. The molecule has 0 spiro atoms. The SMILES string of the molecule is CCCOc1c(Cl)cc(C(=O)O[C@@H](C)C(=O)NC2CC2)cc1OCC. The molecule has 1 fully saturated rings. The first-order chi connectivity index (χ1) is 12.0. The lowest BCUT2D eigenvalue weighted by molar-refractivity contribution is -0.129. The second kappa shape index (κ2) is 8.94. The summed E-state index contributed by atoms with van der Waals surface area (Å²) in [4.78, 5) is 24.2. The van der Waals surface area contributed by atoms with Crippen molar-refractivity contribution in [2.24, 2.45) is 0 Å². The van der Waals surface area contributed by atoms with Gasteiger partial charge in [-0.25, -0.2) is 4.79 Å². The van der Waals surface area contributed by atoms with Crippen LogP contribution in [0.15, 0.2) is 12.1 Å². The maximum absolute atomic E-state index is 12.3. The van der Waals surface area contributed by atoms with Crippen molar-refractivity contribution < 1.29 is 23.8 Å². The summed E-state index contributed by atoms with van der Waals surface area (Å²) < 4.78 is 16.4.